The largest absolute Gasteiger partial charge is 0.494 e. The normalized spacial score (nSPS) is 21.8. The van der Waals surface area contributed by atoms with Crippen molar-refractivity contribution in [3.63, 3.8) is 0 Å². The van der Waals surface area contributed by atoms with Crippen LogP contribution in [0.5, 0.6) is 5.75 Å². The summed E-state index contributed by atoms with van der Waals surface area (Å²) in [5, 5.41) is 2.89. The van der Waals surface area contributed by atoms with E-state index in [1.165, 1.54) is 32.4 Å². The fourth-order valence-corrected chi connectivity index (χ4v) is 4.42. The number of carbonyl (C=O) groups is 1. The van der Waals surface area contributed by atoms with Crippen LogP contribution in [0.4, 0.5) is 5.69 Å². The van der Waals surface area contributed by atoms with Crippen molar-refractivity contribution in [3.05, 3.63) is 60.2 Å². The van der Waals surface area contributed by atoms with Gasteiger partial charge in [-0.1, -0.05) is 24.6 Å². The van der Waals surface area contributed by atoms with Crippen LogP contribution in [0.3, 0.4) is 0 Å². The van der Waals surface area contributed by atoms with Crippen LogP contribution < -0.4 is 10.1 Å². The monoisotopic (exact) mass is 364 g/mol. The molecule has 1 amide bonds. The Kier molecular flexibility index (Phi) is 5.73. The second kappa shape index (κ2) is 8.57. The van der Waals surface area contributed by atoms with Crippen molar-refractivity contribution < 1.29 is 9.53 Å². The molecule has 0 radical (unpaired) electrons. The average molecular weight is 364 g/mol. The maximum atomic E-state index is 12.3. The number of anilines is 1. The van der Waals surface area contributed by atoms with Crippen molar-refractivity contribution in [2.75, 3.05) is 31.6 Å². The lowest BCUT2D eigenvalue weighted by Gasteiger charge is -2.16. The SMILES string of the molecule is O=C(Nc1ccccc1)c1ccc(OCCCN2CC3CCCC3C2)cc1. The summed E-state index contributed by atoms with van der Waals surface area (Å²) in [7, 11) is 0. The molecule has 2 fully saturated rings. The number of nitrogens with zero attached hydrogens (tertiary/aromatic N) is 1. The Morgan fingerprint density at radius 3 is 2.41 bits per heavy atom. The van der Waals surface area contributed by atoms with Gasteiger partial charge >= 0.3 is 0 Å². The zero-order chi connectivity index (χ0) is 18.5. The Morgan fingerprint density at radius 1 is 1.00 bits per heavy atom. The number of amides is 1. The number of carbonyl (C=O) groups excluding carboxylic acids is 1. The molecule has 142 valence electrons. The molecule has 1 saturated carbocycles. The molecule has 2 aliphatic rings. The van der Waals surface area contributed by atoms with Crippen LogP contribution >= 0.6 is 0 Å². The van der Waals surface area contributed by atoms with Crippen molar-refractivity contribution in [2.45, 2.75) is 25.7 Å². The molecule has 0 bridgehead atoms. The van der Waals surface area contributed by atoms with Gasteiger partial charge in [0.2, 0.25) is 0 Å². The predicted octanol–water partition coefficient (Wildman–Crippen LogP) is 4.44. The van der Waals surface area contributed by atoms with Crippen LogP contribution in [0.15, 0.2) is 54.6 Å². The van der Waals surface area contributed by atoms with Crippen LogP contribution in [0, 0.1) is 11.8 Å². The zero-order valence-electron chi connectivity index (χ0n) is 15.8. The third kappa shape index (κ3) is 4.69. The number of ether oxygens (including phenoxy) is 1. The number of nitrogens with one attached hydrogen (secondary N) is 1. The minimum Gasteiger partial charge on any atom is -0.494 e. The molecule has 1 saturated heterocycles. The summed E-state index contributed by atoms with van der Waals surface area (Å²) in [5.74, 6) is 2.64. The molecular formula is C23H28N2O2. The van der Waals surface area contributed by atoms with E-state index in [1.54, 1.807) is 0 Å². The highest BCUT2D eigenvalue weighted by Gasteiger charge is 2.35. The molecule has 2 atom stereocenters. The van der Waals surface area contributed by atoms with Gasteiger partial charge in [0.1, 0.15) is 5.75 Å². The zero-order valence-corrected chi connectivity index (χ0v) is 15.8. The first-order valence-corrected chi connectivity index (χ1v) is 10.1. The van der Waals surface area contributed by atoms with E-state index in [4.69, 9.17) is 4.74 Å². The first kappa shape index (κ1) is 18.1. The van der Waals surface area contributed by atoms with Crippen LogP contribution in [-0.2, 0) is 0 Å². The number of likely N-dealkylation sites (tertiary alicyclic amines) is 1. The van der Waals surface area contributed by atoms with Crippen LogP contribution in [0.2, 0.25) is 0 Å². The standard InChI is InChI=1S/C23H28N2O2/c26-23(24-21-8-2-1-3-9-21)18-10-12-22(13-11-18)27-15-5-14-25-16-19-6-4-7-20(19)17-25/h1-3,8-13,19-20H,4-7,14-17H2,(H,24,26). The highest BCUT2D eigenvalue weighted by atomic mass is 16.5. The summed E-state index contributed by atoms with van der Waals surface area (Å²) in [4.78, 5) is 14.9. The number of para-hydroxylation sites is 1. The van der Waals surface area contributed by atoms with E-state index in [0.717, 1.165) is 42.8 Å². The predicted molar refractivity (Wildman–Crippen MR) is 108 cm³/mol. The van der Waals surface area contributed by atoms with Crippen LogP contribution in [0.25, 0.3) is 0 Å². The van der Waals surface area contributed by atoms with Gasteiger partial charge in [-0.05, 0) is 67.5 Å². The molecule has 1 aliphatic heterocycles. The number of benzene rings is 2. The molecule has 4 nitrogen and oxygen atoms in total. The van der Waals surface area contributed by atoms with Gasteiger partial charge < -0.3 is 15.0 Å². The summed E-state index contributed by atoms with van der Waals surface area (Å²) in [6, 6.07) is 16.9. The highest BCUT2D eigenvalue weighted by molar-refractivity contribution is 6.04. The first-order valence-electron chi connectivity index (χ1n) is 10.1. The lowest BCUT2D eigenvalue weighted by Crippen LogP contribution is -2.24. The lowest BCUT2D eigenvalue weighted by molar-refractivity contribution is 0.102. The quantitative estimate of drug-likeness (QED) is 0.739. The molecule has 1 aliphatic carbocycles. The number of rotatable bonds is 7. The minimum absolute atomic E-state index is 0.104. The second-order valence-electron chi connectivity index (χ2n) is 7.76. The number of hydrogen-bond acceptors (Lipinski definition) is 3. The molecule has 27 heavy (non-hydrogen) atoms. The minimum atomic E-state index is -0.104. The highest BCUT2D eigenvalue weighted by Crippen LogP contribution is 2.37. The molecule has 2 unspecified atom stereocenters. The lowest BCUT2D eigenvalue weighted by atomic mass is 10.0. The van der Waals surface area contributed by atoms with Crippen molar-refractivity contribution in [3.8, 4) is 5.75 Å². The molecule has 0 spiro atoms. The Labute approximate surface area is 161 Å². The van der Waals surface area contributed by atoms with Crippen molar-refractivity contribution in [1.29, 1.82) is 0 Å². The topological polar surface area (TPSA) is 41.6 Å². The smallest absolute Gasteiger partial charge is 0.255 e. The molecule has 1 heterocycles. The summed E-state index contributed by atoms with van der Waals surface area (Å²) in [5.41, 5.74) is 1.43. The second-order valence-corrected chi connectivity index (χ2v) is 7.76. The molecule has 2 aromatic carbocycles. The maximum Gasteiger partial charge on any atom is 0.255 e. The van der Waals surface area contributed by atoms with Gasteiger partial charge in [-0.25, -0.2) is 0 Å². The summed E-state index contributed by atoms with van der Waals surface area (Å²) in [6.45, 7) is 4.43. The van der Waals surface area contributed by atoms with E-state index in [2.05, 4.69) is 10.2 Å². The molecule has 1 N–H and O–H groups in total. The molecular weight excluding hydrogens is 336 g/mol. The molecule has 2 aromatic rings. The van der Waals surface area contributed by atoms with Gasteiger partial charge in [0.25, 0.3) is 5.91 Å². The maximum absolute atomic E-state index is 12.3. The van der Waals surface area contributed by atoms with Crippen molar-refractivity contribution in [2.24, 2.45) is 11.8 Å². The van der Waals surface area contributed by atoms with Gasteiger partial charge in [-0.15, -0.1) is 0 Å². The Bertz CT molecular complexity index is 733. The average Bonchev–Trinajstić information content (AvgIpc) is 3.28. The summed E-state index contributed by atoms with van der Waals surface area (Å²) in [6.07, 6.45) is 5.35. The van der Waals surface area contributed by atoms with Crippen molar-refractivity contribution in [1.82, 2.24) is 4.90 Å². The van der Waals surface area contributed by atoms with Gasteiger partial charge in [-0.3, -0.25) is 4.79 Å². The van der Waals surface area contributed by atoms with Gasteiger partial charge in [0.05, 0.1) is 6.61 Å². The van der Waals surface area contributed by atoms with Gasteiger partial charge in [0.15, 0.2) is 0 Å². The molecule has 0 aromatic heterocycles. The number of fused-ring (bicyclic) bond motifs is 1. The fourth-order valence-electron chi connectivity index (χ4n) is 4.42. The van der Waals surface area contributed by atoms with E-state index in [0.29, 0.717) is 5.56 Å². The van der Waals surface area contributed by atoms with Gasteiger partial charge in [0, 0.05) is 30.9 Å². The fraction of sp³-hybridized carbons (Fsp3) is 0.435. The molecule has 4 heteroatoms. The van der Waals surface area contributed by atoms with Crippen LogP contribution in [0.1, 0.15) is 36.0 Å². The van der Waals surface area contributed by atoms with E-state index < -0.39 is 0 Å². The Morgan fingerprint density at radius 2 is 1.70 bits per heavy atom. The Hall–Kier alpha value is -2.33. The third-order valence-corrected chi connectivity index (χ3v) is 5.84. The first-order chi connectivity index (χ1) is 13.3. The van der Waals surface area contributed by atoms with Crippen molar-refractivity contribution >= 4 is 11.6 Å². The number of hydrogen-bond donors (Lipinski definition) is 1. The van der Waals surface area contributed by atoms with E-state index in [1.807, 2.05) is 54.6 Å². The van der Waals surface area contributed by atoms with E-state index >= 15 is 0 Å². The molecule has 4 rings (SSSR count). The Balaban J connectivity index is 1.18. The van der Waals surface area contributed by atoms with Gasteiger partial charge in [-0.2, -0.15) is 0 Å². The summed E-state index contributed by atoms with van der Waals surface area (Å²) < 4.78 is 5.85. The third-order valence-electron chi connectivity index (χ3n) is 5.84. The summed E-state index contributed by atoms with van der Waals surface area (Å²) >= 11 is 0. The van der Waals surface area contributed by atoms with Crippen LogP contribution in [-0.4, -0.2) is 37.0 Å². The van der Waals surface area contributed by atoms with E-state index in [-0.39, 0.29) is 5.91 Å². The van der Waals surface area contributed by atoms with E-state index in [9.17, 15) is 4.79 Å².